The van der Waals surface area contributed by atoms with E-state index in [2.05, 4.69) is 0 Å². The van der Waals surface area contributed by atoms with E-state index >= 15 is 0 Å². The highest BCUT2D eigenvalue weighted by Crippen LogP contribution is 2.36. The Hall–Kier alpha value is 0.270. The molecule has 0 fully saturated rings. The predicted molar refractivity (Wildman–Crippen MR) is 34.0 cm³/mol. The first-order chi connectivity index (χ1) is 4.35. The molecule has 1 N–H and O–H groups in total. The molecule has 0 aliphatic rings. The van der Waals surface area contributed by atoms with E-state index in [1.807, 2.05) is 0 Å². The van der Waals surface area contributed by atoms with E-state index in [0.29, 0.717) is 0 Å². The van der Waals surface area contributed by atoms with Crippen molar-refractivity contribution in [3.8, 4) is 0 Å². The van der Waals surface area contributed by atoms with Crippen LogP contribution in [0.5, 0.6) is 0 Å². The minimum atomic E-state index is -1.22. The molecule has 4 nitrogen and oxygen atoms in total. The fourth-order valence-corrected chi connectivity index (χ4v) is 0.886. The van der Waals surface area contributed by atoms with Crippen molar-refractivity contribution in [2.24, 2.45) is 0 Å². The molecule has 0 aromatic rings. The maximum absolute atomic E-state index is 8.28. The number of aliphatic hydroxyl groups excluding tert-OH is 1. The van der Waals surface area contributed by atoms with Crippen LogP contribution in [0.1, 0.15) is 0 Å². The molecule has 0 unspecified atom stereocenters. The lowest BCUT2D eigenvalue weighted by molar-refractivity contribution is 0.160. The third-order valence-corrected chi connectivity index (χ3v) is 1.58. The molecular weight excluding hydrogens is 143 g/mol. The highest BCUT2D eigenvalue weighted by atomic mass is 31.2. The lowest BCUT2D eigenvalue weighted by Gasteiger charge is -2.09. The summed E-state index contributed by atoms with van der Waals surface area (Å²) in [5.74, 6) is 0. The van der Waals surface area contributed by atoms with Gasteiger partial charge < -0.3 is 18.7 Å². The number of hydrogen-bond acceptors (Lipinski definition) is 4. The van der Waals surface area contributed by atoms with Gasteiger partial charge in [-0.25, -0.2) is 0 Å². The molecule has 56 valence electrons. The van der Waals surface area contributed by atoms with Crippen LogP contribution in [-0.4, -0.2) is 32.5 Å². The van der Waals surface area contributed by atoms with Crippen LogP contribution in [0.15, 0.2) is 0 Å². The Morgan fingerprint density at radius 2 is 1.89 bits per heavy atom. The van der Waals surface area contributed by atoms with Gasteiger partial charge in [0.2, 0.25) is 0 Å². The van der Waals surface area contributed by atoms with Crippen molar-refractivity contribution in [1.82, 2.24) is 0 Å². The average molecular weight is 154 g/mol. The largest absolute Gasteiger partial charge is 0.394 e. The Morgan fingerprint density at radius 3 is 2.22 bits per heavy atom. The zero-order valence-corrected chi connectivity index (χ0v) is 6.43. The zero-order valence-electron chi connectivity index (χ0n) is 5.53. The van der Waals surface area contributed by atoms with Gasteiger partial charge in [-0.05, 0) is 0 Å². The van der Waals surface area contributed by atoms with E-state index in [-0.39, 0.29) is 13.2 Å². The molecule has 0 bridgehead atoms. The monoisotopic (exact) mass is 154 g/mol. The van der Waals surface area contributed by atoms with Gasteiger partial charge in [-0.1, -0.05) is 0 Å². The van der Waals surface area contributed by atoms with Crippen molar-refractivity contribution in [2.45, 2.75) is 0 Å². The Balaban J connectivity index is 3.09. The van der Waals surface area contributed by atoms with Crippen molar-refractivity contribution in [3.63, 3.8) is 0 Å². The number of aliphatic hydroxyl groups is 1. The van der Waals surface area contributed by atoms with Gasteiger partial charge in [0.1, 0.15) is 0 Å². The molecule has 0 aromatic heterocycles. The van der Waals surface area contributed by atoms with Crippen molar-refractivity contribution < 1.29 is 18.7 Å². The summed E-state index contributed by atoms with van der Waals surface area (Å²) in [5.41, 5.74) is 0. The maximum Gasteiger partial charge on any atom is 0.332 e. The molecule has 0 radical (unpaired) electrons. The summed E-state index contributed by atoms with van der Waals surface area (Å²) in [6.07, 6.45) is 0. The summed E-state index contributed by atoms with van der Waals surface area (Å²) >= 11 is 0. The van der Waals surface area contributed by atoms with Gasteiger partial charge in [0.15, 0.2) is 0 Å². The summed E-state index contributed by atoms with van der Waals surface area (Å²) < 4.78 is 14.3. The SMILES string of the molecule is COP(OC)OCCO. The van der Waals surface area contributed by atoms with Crippen LogP contribution >= 0.6 is 8.60 Å². The molecule has 0 atom stereocenters. The molecule has 0 amide bonds. The van der Waals surface area contributed by atoms with Gasteiger partial charge in [-0.3, -0.25) is 0 Å². The van der Waals surface area contributed by atoms with Crippen molar-refractivity contribution in [2.75, 3.05) is 27.4 Å². The summed E-state index contributed by atoms with van der Waals surface area (Å²) in [7, 11) is 1.76. The van der Waals surface area contributed by atoms with E-state index in [9.17, 15) is 0 Å². The lowest BCUT2D eigenvalue weighted by atomic mass is 10.8. The second-order valence-electron chi connectivity index (χ2n) is 1.15. The number of hydrogen-bond donors (Lipinski definition) is 1. The minimum absolute atomic E-state index is 0.00838. The van der Waals surface area contributed by atoms with E-state index in [4.69, 9.17) is 18.7 Å². The highest BCUT2D eigenvalue weighted by molar-refractivity contribution is 7.41. The van der Waals surface area contributed by atoms with Crippen LogP contribution in [0.25, 0.3) is 0 Å². The quantitative estimate of drug-likeness (QED) is 0.586. The van der Waals surface area contributed by atoms with Gasteiger partial charge in [0.05, 0.1) is 13.2 Å². The van der Waals surface area contributed by atoms with E-state index in [1.54, 1.807) is 0 Å². The molecule has 0 aliphatic carbocycles. The Bertz CT molecular complexity index is 56.5. The standard InChI is InChI=1S/C4H11O4P/c1-6-9(7-2)8-4-3-5/h5H,3-4H2,1-2H3. The lowest BCUT2D eigenvalue weighted by Crippen LogP contribution is -1.96. The molecule has 0 heterocycles. The van der Waals surface area contributed by atoms with Crippen LogP contribution in [0.3, 0.4) is 0 Å². The first kappa shape index (κ1) is 9.27. The summed E-state index contributed by atoms with van der Waals surface area (Å²) in [6.45, 7) is 0.249. The molecular formula is C4H11O4P. The molecule has 0 saturated heterocycles. The fraction of sp³-hybridized carbons (Fsp3) is 1.00. The molecule has 0 saturated carbocycles. The van der Waals surface area contributed by atoms with Crippen LogP contribution in [-0.2, 0) is 13.6 Å². The molecule has 9 heavy (non-hydrogen) atoms. The Morgan fingerprint density at radius 1 is 1.33 bits per heavy atom. The smallest absolute Gasteiger partial charge is 0.332 e. The van der Waals surface area contributed by atoms with Crippen LogP contribution < -0.4 is 0 Å². The normalized spacial score (nSPS) is 10.7. The second-order valence-corrected chi connectivity index (χ2v) is 2.58. The van der Waals surface area contributed by atoms with Gasteiger partial charge in [-0.15, -0.1) is 0 Å². The van der Waals surface area contributed by atoms with E-state index in [0.717, 1.165) is 0 Å². The molecule has 0 rings (SSSR count). The molecule has 5 heteroatoms. The third-order valence-electron chi connectivity index (χ3n) is 0.586. The van der Waals surface area contributed by atoms with E-state index < -0.39 is 8.60 Å². The van der Waals surface area contributed by atoms with Gasteiger partial charge in [-0.2, -0.15) is 0 Å². The zero-order chi connectivity index (χ0) is 7.11. The van der Waals surface area contributed by atoms with Crippen molar-refractivity contribution >= 4 is 8.60 Å². The number of rotatable bonds is 5. The first-order valence-electron chi connectivity index (χ1n) is 2.47. The third kappa shape index (κ3) is 4.75. The Kier molecular flexibility index (Phi) is 6.58. The summed E-state index contributed by atoms with van der Waals surface area (Å²) in [4.78, 5) is 0. The highest BCUT2D eigenvalue weighted by Gasteiger charge is 2.04. The van der Waals surface area contributed by atoms with E-state index in [1.165, 1.54) is 14.2 Å². The maximum atomic E-state index is 8.28. The molecule has 0 aliphatic heterocycles. The van der Waals surface area contributed by atoms with Gasteiger partial charge >= 0.3 is 8.60 Å². The minimum Gasteiger partial charge on any atom is -0.394 e. The average Bonchev–Trinajstić information content (AvgIpc) is 1.91. The van der Waals surface area contributed by atoms with Crippen LogP contribution in [0.2, 0.25) is 0 Å². The Labute approximate surface area is 55.7 Å². The van der Waals surface area contributed by atoms with Crippen molar-refractivity contribution in [3.05, 3.63) is 0 Å². The van der Waals surface area contributed by atoms with Gasteiger partial charge in [0, 0.05) is 14.2 Å². The van der Waals surface area contributed by atoms with Crippen LogP contribution in [0, 0.1) is 0 Å². The summed E-state index contributed by atoms with van der Waals surface area (Å²) in [5, 5.41) is 8.28. The van der Waals surface area contributed by atoms with Crippen molar-refractivity contribution in [1.29, 1.82) is 0 Å². The predicted octanol–water partition coefficient (Wildman–Crippen LogP) is 0.515. The topological polar surface area (TPSA) is 47.9 Å². The second kappa shape index (κ2) is 6.39. The molecule has 0 aromatic carbocycles. The first-order valence-corrected chi connectivity index (χ1v) is 3.56. The van der Waals surface area contributed by atoms with Crippen LogP contribution in [0.4, 0.5) is 0 Å². The van der Waals surface area contributed by atoms with Gasteiger partial charge in [0.25, 0.3) is 0 Å². The molecule has 0 spiro atoms. The summed E-state index contributed by atoms with van der Waals surface area (Å²) in [6, 6.07) is 0. The fourth-order valence-electron chi connectivity index (χ4n) is 0.295.